The van der Waals surface area contributed by atoms with Crippen LogP contribution in [0.4, 0.5) is 13.2 Å². The molecule has 2 aliphatic rings. The van der Waals surface area contributed by atoms with Crippen LogP contribution in [-0.4, -0.2) is 34.7 Å². The van der Waals surface area contributed by atoms with Gasteiger partial charge in [-0.1, -0.05) is 13.8 Å². The van der Waals surface area contributed by atoms with E-state index < -0.39 is 34.0 Å². The number of nitrogens with zero attached hydrogens (tertiary/aromatic N) is 2. The number of aromatic nitrogens is 1. The highest BCUT2D eigenvalue weighted by Gasteiger charge is 2.52. The SMILES string of the molecule is CC1(C)CC2(C=C(N)C1=O)CN(C(=O)c1ccncc1C(F)(F)F)C2. The maximum atomic E-state index is 13.1. The number of carbonyl (C=O) groups is 2. The second-order valence-electron chi connectivity index (χ2n) is 7.43. The Kier molecular flexibility index (Phi) is 3.70. The molecule has 0 radical (unpaired) electrons. The van der Waals surface area contributed by atoms with Crippen LogP contribution in [0.15, 0.2) is 30.2 Å². The van der Waals surface area contributed by atoms with Gasteiger partial charge >= 0.3 is 6.18 Å². The first kappa shape index (κ1) is 17.4. The number of likely N-dealkylation sites (tertiary alicyclic amines) is 1. The van der Waals surface area contributed by atoms with Crippen molar-refractivity contribution in [3.8, 4) is 0 Å². The summed E-state index contributed by atoms with van der Waals surface area (Å²) in [5.41, 5.74) is 3.39. The van der Waals surface area contributed by atoms with E-state index >= 15 is 0 Å². The first-order chi connectivity index (χ1) is 11.5. The minimum Gasteiger partial charge on any atom is -0.396 e. The number of alkyl halides is 3. The summed E-state index contributed by atoms with van der Waals surface area (Å²) >= 11 is 0. The zero-order chi connectivity index (χ0) is 18.6. The zero-order valence-corrected chi connectivity index (χ0v) is 13.9. The van der Waals surface area contributed by atoms with Gasteiger partial charge in [0.2, 0.25) is 0 Å². The van der Waals surface area contributed by atoms with Crippen molar-refractivity contribution < 1.29 is 22.8 Å². The van der Waals surface area contributed by atoms with E-state index in [2.05, 4.69) is 4.98 Å². The molecule has 1 amide bonds. The smallest absolute Gasteiger partial charge is 0.396 e. The van der Waals surface area contributed by atoms with Crippen molar-refractivity contribution >= 4 is 11.7 Å². The van der Waals surface area contributed by atoms with Gasteiger partial charge in [-0.15, -0.1) is 0 Å². The van der Waals surface area contributed by atoms with Gasteiger partial charge in [-0.05, 0) is 18.6 Å². The lowest BCUT2D eigenvalue weighted by molar-refractivity contribution is -0.138. The lowest BCUT2D eigenvalue weighted by Crippen LogP contribution is -2.61. The van der Waals surface area contributed by atoms with E-state index in [0.29, 0.717) is 12.6 Å². The predicted octanol–water partition coefficient (Wildman–Crippen LogP) is 2.38. The fourth-order valence-corrected chi connectivity index (χ4v) is 3.84. The van der Waals surface area contributed by atoms with Gasteiger partial charge in [0, 0.05) is 36.3 Å². The average molecular weight is 353 g/mol. The number of ketones is 1. The van der Waals surface area contributed by atoms with E-state index in [9.17, 15) is 22.8 Å². The minimum absolute atomic E-state index is 0.142. The molecule has 1 spiro atoms. The van der Waals surface area contributed by atoms with E-state index in [1.54, 1.807) is 19.9 Å². The fraction of sp³-hybridized carbons (Fsp3) is 0.471. The number of hydrogen-bond acceptors (Lipinski definition) is 4. The highest BCUT2D eigenvalue weighted by molar-refractivity contribution is 6.00. The molecular formula is C17H18F3N3O2. The van der Waals surface area contributed by atoms with E-state index in [1.807, 2.05) is 0 Å². The molecule has 0 bridgehead atoms. The van der Waals surface area contributed by atoms with Gasteiger partial charge in [0.15, 0.2) is 5.78 Å². The van der Waals surface area contributed by atoms with Crippen molar-refractivity contribution in [2.75, 3.05) is 13.1 Å². The predicted molar refractivity (Wildman–Crippen MR) is 83.3 cm³/mol. The summed E-state index contributed by atoms with van der Waals surface area (Å²) in [5.74, 6) is -0.835. The molecule has 0 saturated carbocycles. The Hall–Kier alpha value is -2.38. The first-order valence-corrected chi connectivity index (χ1v) is 7.79. The van der Waals surface area contributed by atoms with E-state index in [4.69, 9.17) is 5.73 Å². The summed E-state index contributed by atoms with van der Waals surface area (Å²) in [4.78, 5) is 29.4. The second kappa shape index (κ2) is 5.31. The van der Waals surface area contributed by atoms with Crippen LogP contribution >= 0.6 is 0 Å². The molecule has 3 rings (SSSR count). The molecule has 0 unspecified atom stereocenters. The maximum absolute atomic E-state index is 13.1. The summed E-state index contributed by atoms with van der Waals surface area (Å²) in [6.07, 6.45) is -0.667. The van der Waals surface area contributed by atoms with Crippen molar-refractivity contribution in [3.05, 3.63) is 41.4 Å². The van der Waals surface area contributed by atoms with Gasteiger partial charge in [-0.25, -0.2) is 0 Å². The molecule has 2 heterocycles. The Bertz CT molecular complexity index is 778. The fourth-order valence-electron chi connectivity index (χ4n) is 3.84. The second-order valence-corrected chi connectivity index (χ2v) is 7.43. The Morgan fingerprint density at radius 3 is 2.52 bits per heavy atom. The lowest BCUT2D eigenvalue weighted by atomic mass is 9.62. The molecule has 1 fully saturated rings. The first-order valence-electron chi connectivity index (χ1n) is 7.79. The van der Waals surface area contributed by atoms with Gasteiger partial charge < -0.3 is 10.6 Å². The highest BCUT2D eigenvalue weighted by Crippen LogP contribution is 2.47. The molecule has 1 aromatic rings. The Balaban J connectivity index is 1.83. The third-order valence-electron chi connectivity index (χ3n) is 4.79. The molecule has 5 nitrogen and oxygen atoms in total. The molecule has 0 atom stereocenters. The molecule has 1 aliphatic carbocycles. The summed E-state index contributed by atoms with van der Waals surface area (Å²) < 4.78 is 39.2. The van der Waals surface area contributed by atoms with Gasteiger partial charge in [0.1, 0.15) is 0 Å². The lowest BCUT2D eigenvalue weighted by Gasteiger charge is -2.53. The molecule has 8 heteroatoms. The van der Waals surface area contributed by atoms with Crippen LogP contribution in [0.2, 0.25) is 0 Å². The van der Waals surface area contributed by atoms with Crippen LogP contribution in [0.1, 0.15) is 36.2 Å². The Labute approximate surface area is 142 Å². The van der Waals surface area contributed by atoms with Crippen LogP contribution in [-0.2, 0) is 11.0 Å². The zero-order valence-electron chi connectivity index (χ0n) is 13.9. The van der Waals surface area contributed by atoms with Gasteiger partial charge in [-0.3, -0.25) is 14.6 Å². The van der Waals surface area contributed by atoms with E-state index in [-0.39, 0.29) is 24.6 Å². The van der Waals surface area contributed by atoms with Crippen molar-refractivity contribution in [3.63, 3.8) is 0 Å². The van der Waals surface area contributed by atoms with Crippen molar-refractivity contribution in [1.82, 2.24) is 9.88 Å². The van der Waals surface area contributed by atoms with Crippen LogP contribution < -0.4 is 5.73 Å². The van der Waals surface area contributed by atoms with E-state index in [0.717, 1.165) is 12.3 Å². The third kappa shape index (κ3) is 2.89. The number of rotatable bonds is 1. The minimum atomic E-state index is -4.65. The number of hydrogen-bond donors (Lipinski definition) is 1. The van der Waals surface area contributed by atoms with Crippen molar-refractivity contribution in [1.29, 1.82) is 0 Å². The van der Waals surface area contributed by atoms with Gasteiger partial charge in [0.05, 0.1) is 16.8 Å². The molecule has 25 heavy (non-hydrogen) atoms. The largest absolute Gasteiger partial charge is 0.418 e. The summed E-state index contributed by atoms with van der Waals surface area (Å²) in [5, 5.41) is 0. The number of nitrogens with two attached hydrogens (primary N) is 1. The molecule has 1 aliphatic heterocycles. The molecule has 1 saturated heterocycles. The maximum Gasteiger partial charge on any atom is 0.418 e. The summed E-state index contributed by atoms with van der Waals surface area (Å²) in [6, 6.07) is 1.08. The van der Waals surface area contributed by atoms with Crippen molar-refractivity contribution in [2.45, 2.75) is 26.4 Å². The third-order valence-corrected chi connectivity index (χ3v) is 4.79. The number of Topliss-reactive ketones (excluding diaryl/α,β-unsaturated/α-hetero) is 1. The number of pyridine rings is 1. The molecule has 1 aromatic heterocycles. The highest BCUT2D eigenvalue weighted by atomic mass is 19.4. The number of carbonyl (C=O) groups excluding carboxylic acids is 2. The van der Waals surface area contributed by atoms with Crippen molar-refractivity contribution in [2.24, 2.45) is 16.6 Å². The van der Waals surface area contributed by atoms with Gasteiger partial charge in [-0.2, -0.15) is 13.2 Å². The molecular weight excluding hydrogens is 335 g/mol. The Morgan fingerprint density at radius 2 is 1.96 bits per heavy atom. The number of halogens is 3. The molecule has 134 valence electrons. The normalized spacial score (nSPS) is 21.7. The monoisotopic (exact) mass is 353 g/mol. The van der Waals surface area contributed by atoms with E-state index in [1.165, 1.54) is 4.90 Å². The molecule has 0 aromatic carbocycles. The van der Waals surface area contributed by atoms with Crippen LogP contribution in [0.25, 0.3) is 0 Å². The van der Waals surface area contributed by atoms with Crippen LogP contribution in [0, 0.1) is 10.8 Å². The number of allylic oxidation sites excluding steroid dienone is 1. The standard InChI is InChI=1S/C17H18F3N3O2/c1-15(2)7-16(5-12(21)13(15)24)8-23(9-16)14(25)10-3-4-22-6-11(10)17(18,19)20/h3-6H,7-9,21H2,1-2H3. The quantitative estimate of drug-likeness (QED) is 0.841. The average Bonchev–Trinajstić information content (AvgIpc) is 2.48. The summed E-state index contributed by atoms with van der Waals surface area (Å²) in [7, 11) is 0. The summed E-state index contributed by atoms with van der Waals surface area (Å²) in [6.45, 7) is 4.05. The number of amides is 1. The Morgan fingerprint density at radius 1 is 1.32 bits per heavy atom. The van der Waals surface area contributed by atoms with Crippen LogP contribution in [0.3, 0.4) is 0 Å². The molecule has 2 N–H and O–H groups in total. The topological polar surface area (TPSA) is 76.3 Å². The van der Waals surface area contributed by atoms with Gasteiger partial charge in [0.25, 0.3) is 5.91 Å². The van der Waals surface area contributed by atoms with Crippen LogP contribution in [0.5, 0.6) is 0 Å².